The van der Waals surface area contributed by atoms with E-state index in [-0.39, 0.29) is 11.4 Å². The largest absolute Gasteiger partial charge is 0.496 e. The fourth-order valence-corrected chi connectivity index (χ4v) is 3.51. The van der Waals surface area contributed by atoms with Crippen LogP contribution in [0, 0.1) is 0 Å². The number of benzene rings is 1. The van der Waals surface area contributed by atoms with E-state index < -0.39 is 0 Å². The van der Waals surface area contributed by atoms with Gasteiger partial charge in [0.15, 0.2) is 0 Å². The number of nitrogens with one attached hydrogen (secondary N) is 1. The number of methoxy groups -OCH3 is 1. The highest BCUT2D eigenvalue weighted by Gasteiger charge is 2.36. The minimum absolute atomic E-state index is 0.0357. The van der Waals surface area contributed by atoms with E-state index >= 15 is 0 Å². The standard InChI is InChI=1S/C16H23BrN2O2/c1-19(2)16(8-4-5-9-16)11-18-15(20)12-6-7-14(21-3)13(17)10-12/h6-7,10H,4-5,8-9,11H2,1-3H3,(H,18,20). The number of carbonyl (C=O) groups excluding carboxylic acids is 1. The summed E-state index contributed by atoms with van der Waals surface area (Å²) in [5, 5.41) is 3.09. The Bertz CT molecular complexity index is 511. The van der Waals surface area contributed by atoms with Gasteiger partial charge < -0.3 is 15.0 Å². The normalized spacial score (nSPS) is 17.0. The van der Waals surface area contributed by atoms with Crippen LogP contribution in [0.25, 0.3) is 0 Å². The smallest absolute Gasteiger partial charge is 0.251 e. The number of rotatable bonds is 5. The van der Waals surface area contributed by atoms with Crippen molar-refractivity contribution in [3.05, 3.63) is 28.2 Å². The number of likely N-dealkylation sites (N-methyl/N-ethyl adjacent to an activating group) is 1. The molecule has 0 atom stereocenters. The van der Waals surface area contributed by atoms with E-state index in [2.05, 4.69) is 40.2 Å². The molecule has 1 saturated carbocycles. The molecule has 1 aromatic rings. The molecule has 0 heterocycles. The molecule has 0 radical (unpaired) electrons. The van der Waals surface area contributed by atoms with E-state index in [1.54, 1.807) is 25.3 Å². The summed E-state index contributed by atoms with van der Waals surface area (Å²) in [6.07, 6.45) is 4.77. The minimum Gasteiger partial charge on any atom is -0.496 e. The maximum Gasteiger partial charge on any atom is 0.251 e. The van der Waals surface area contributed by atoms with Gasteiger partial charge in [-0.25, -0.2) is 0 Å². The minimum atomic E-state index is -0.0357. The average molecular weight is 355 g/mol. The summed E-state index contributed by atoms with van der Waals surface area (Å²) >= 11 is 3.41. The van der Waals surface area contributed by atoms with Crippen molar-refractivity contribution in [2.75, 3.05) is 27.7 Å². The average Bonchev–Trinajstić information content (AvgIpc) is 2.95. The molecule has 2 rings (SSSR count). The van der Waals surface area contributed by atoms with E-state index in [0.717, 1.165) is 23.1 Å². The van der Waals surface area contributed by atoms with Crippen molar-refractivity contribution < 1.29 is 9.53 Å². The maximum absolute atomic E-state index is 12.3. The van der Waals surface area contributed by atoms with Gasteiger partial charge in [-0.3, -0.25) is 4.79 Å². The van der Waals surface area contributed by atoms with Gasteiger partial charge in [0.05, 0.1) is 11.6 Å². The lowest BCUT2D eigenvalue weighted by Crippen LogP contribution is -2.50. The van der Waals surface area contributed by atoms with Crippen LogP contribution in [-0.2, 0) is 0 Å². The van der Waals surface area contributed by atoms with Gasteiger partial charge in [0, 0.05) is 17.6 Å². The predicted octanol–water partition coefficient (Wildman–Crippen LogP) is 3.06. The summed E-state index contributed by atoms with van der Waals surface area (Å²) in [5.41, 5.74) is 0.758. The zero-order valence-electron chi connectivity index (χ0n) is 12.9. The highest BCUT2D eigenvalue weighted by molar-refractivity contribution is 9.10. The summed E-state index contributed by atoms with van der Waals surface area (Å²) in [6.45, 7) is 0.697. The van der Waals surface area contributed by atoms with Gasteiger partial charge >= 0.3 is 0 Å². The molecule has 0 bridgehead atoms. The van der Waals surface area contributed by atoms with Crippen LogP contribution in [0.4, 0.5) is 0 Å². The Morgan fingerprint density at radius 2 is 2.05 bits per heavy atom. The zero-order chi connectivity index (χ0) is 15.5. The first kappa shape index (κ1) is 16.3. The predicted molar refractivity (Wildman–Crippen MR) is 87.9 cm³/mol. The Balaban J connectivity index is 2.03. The molecule has 21 heavy (non-hydrogen) atoms. The molecule has 0 aliphatic heterocycles. The Morgan fingerprint density at radius 3 is 2.57 bits per heavy atom. The fourth-order valence-electron chi connectivity index (χ4n) is 2.97. The van der Waals surface area contributed by atoms with Crippen molar-refractivity contribution >= 4 is 21.8 Å². The first-order valence-corrected chi connectivity index (χ1v) is 8.07. The lowest BCUT2D eigenvalue weighted by Gasteiger charge is -2.36. The summed E-state index contributed by atoms with van der Waals surface area (Å²) < 4.78 is 5.98. The lowest BCUT2D eigenvalue weighted by molar-refractivity contribution is 0.0900. The Hall–Kier alpha value is -1.07. The Morgan fingerprint density at radius 1 is 1.38 bits per heavy atom. The van der Waals surface area contributed by atoms with Crippen LogP contribution in [0.2, 0.25) is 0 Å². The molecule has 1 N–H and O–H groups in total. The number of hydrogen-bond acceptors (Lipinski definition) is 3. The first-order valence-electron chi connectivity index (χ1n) is 7.28. The molecule has 4 nitrogen and oxygen atoms in total. The second-order valence-electron chi connectivity index (χ2n) is 5.86. The molecule has 5 heteroatoms. The van der Waals surface area contributed by atoms with Gasteiger partial charge in [-0.2, -0.15) is 0 Å². The van der Waals surface area contributed by atoms with Crippen molar-refractivity contribution in [1.29, 1.82) is 0 Å². The SMILES string of the molecule is COc1ccc(C(=O)NCC2(N(C)C)CCCC2)cc1Br. The zero-order valence-corrected chi connectivity index (χ0v) is 14.5. The maximum atomic E-state index is 12.3. The number of ether oxygens (including phenoxy) is 1. The third kappa shape index (κ3) is 3.58. The van der Waals surface area contributed by atoms with Gasteiger partial charge in [0.25, 0.3) is 5.91 Å². The molecular formula is C16H23BrN2O2. The summed E-state index contributed by atoms with van der Waals surface area (Å²) in [7, 11) is 5.81. The van der Waals surface area contributed by atoms with Gasteiger partial charge in [0.1, 0.15) is 5.75 Å². The van der Waals surface area contributed by atoms with Gasteiger partial charge in [0.2, 0.25) is 0 Å². The summed E-state index contributed by atoms with van der Waals surface area (Å²) in [4.78, 5) is 14.6. The third-order valence-electron chi connectivity index (χ3n) is 4.47. The number of amides is 1. The quantitative estimate of drug-likeness (QED) is 0.883. The lowest BCUT2D eigenvalue weighted by atomic mass is 9.96. The van der Waals surface area contributed by atoms with Crippen LogP contribution in [0.15, 0.2) is 22.7 Å². The molecule has 116 valence electrons. The van der Waals surface area contributed by atoms with Gasteiger partial charge in [-0.05, 0) is 61.1 Å². The van der Waals surface area contributed by atoms with E-state index in [9.17, 15) is 4.79 Å². The van der Waals surface area contributed by atoms with Crippen LogP contribution in [0.1, 0.15) is 36.0 Å². The molecule has 1 aromatic carbocycles. The molecule has 1 fully saturated rings. The highest BCUT2D eigenvalue weighted by Crippen LogP contribution is 2.33. The molecular weight excluding hydrogens is 332 g/mol. The van der Waals surface area contributed by atoms with E-state index in [0.29, 0.717) is 12.1 Å². The van der Waals surface area contributed by atoms with E-state index in [4.69, 9.17) is 4.74 Å². The van der Waals surface area contributed by atoms with E-state index in [1.807, 2.05) is 0 Å². The summed E-state index contributed by atoms with van der Waals surface area (Å²) in [6, 6.07) is 5.39. The van der Waals surface area contributed by atoms with Crippen LogP contribution < -0.4 is 10.1 Å². The number of nitrogens with zero attached hydrogens (tertiary/aromatic N) is 1. The molecule has 0 spiro atoms. The highest BCUT2D eigenvalue weighted by atomic mass is 79.9. The summed E-state index contributed by atoms with van der Waals surface area (Å²) in [5.74, 6) is 0.693. The molecule has 1 aliphatic rings. The van der Waals surface area contributed by atoms with Gasteiger partial charge in [-0.1, -0.05) is 12.8 Å². The molecule has 1 aliphatic carbocycles. The van der Waals surface area contributed by atoms with Crippen LogP contribution >= 0.6 is 15.9 Å². The number of halogens is 1. The Kier molecular flexibility index (Phi) is 5.27. The monoisotopic (exact) mass is 354 g/mol. The van der Waals surface area contributed by atoms with Crippen LogP contribution in [0.5, 0.6) is 5.75 Å². The molecule has 1 amide bonds. The van der Waals surface area contributed by atoms with Crippen molar-refractivity contribution in [2.45, 2.75) is 31.2 Å². The second-order valence-corrected chi connectivity index (χ2v) is 6.71. The second kappa shape index (κ2) is 6.79. The van der Waals surface area contributed by atoms with Gasteiger partial charge in [-0.15, -0.1) is 0 Å². The van der Waals surface area contributed by atoms with Crippen LogP contribution in [-0.4, -0.2) is 44.1 Å². The molecule has 0 saturated heterocycles. The Labute approximate surface area is 135 Å². The number of hydrogen-bond donors (Lipinski definition) is 1. The van der Waals surface area contributed by atoms with E-state index in [1.165, 1.54) is 12.8 Å². The van der Waals surface area contributed by atoms with Crippen molar-refractivity contribution in [1.82, 2.24) is 10.2 Å². The van der Waals surface area contributed by atoms with Crippen molar-refractivity contribution in [3.63, 3.8) is 0 Å². The van der Waals surface area contributed by atoms with Crippen molar-refractivity contribution in [2.24, 2.45) is 0 Å². The molecule has 0 aromatic heterocycles. The van der Waals surface area contributed by atoms with Crippen LogP contribution in [0.3, 0.4) is 0 Å². The molecule has 0 unspecified atom stereocenters. The fraction of sp³-hybridized carbons (Fsp3) is 0.562. The topological polar surface area (TPSA) is 41.6 Å². The first-order chi connectivity index (χ1) is 9.98. The number of carbonyl (C=O) groups is 1. The third-order valence-corrected chi connectivity index (χ3v) is 5.09. The van der Waals surface area contributed by atoms with Crippen molar-refractivity contribution in [3.8, 4) is 5.75 Å².